The van der Waals surface area contributed by atoms with Gasteiger partial charge in [-0.2, -0.15) is 0 Å². The van der Waals surface area contributed by atoms with Crippen LogP contribution in [0.15, 0.2) is 12.1 Å². The molecule has 6 heteroatoms. The van der Waals surface area contributed by atoms with E-state index in [0.717, 1.165) is 0 Å². The van der Waals surface area contributed by atoms with Crippen LogP contribution in [0.3, 0.4) is 0 Å². The summed E-state index contributed by atoms with van der Waals surface area (Å²) in [6.07, 6.45) is 0.183. The molecule has 2 aliphatic rings. The molecule has 0 radical (unpaired) electrons. The summed E-state index contributed by atoms with van der Waals surface area (Å²) in [5.74, 6) is 0.428. The van der Waals surface area contributed by atoms with Crippen molar-refractivity contribution in [3.63, 3.8) is 0 Å². The molecule has 20 heavy (non-hydrogen) atoms. The van der Waals surface area contributed by atoms with Crippen molar-refractivity contribution < 1.29 is 24.1 Å². The quantitative estimate of drug-likeness (QED) is 0.804. The Balaban J connectivity index is 2.18. The lowest BCUT2D eigenvalue weighted by molar-refractivity contribution is -0.147. The smallest absolute Gasteiger partial charge is 0.328 e. The maximum absolute atomic E-state index is 11.6. The summed E-state index contributed by atoms with van der Waals surface area (Å²) in [7, 11) is 0. The molecule has 6 nitrogen and oxygen atoms in total. The zero-order chi connectivity index (χ0) is 14.5. The molecule has 0 saturated carbocycles. The minimum absolute atomic E-state index is 0.183. The van der Waals surface area contributed by atoms with Gasteiger partial charge in [0.25, 0.3) is 0 Å². The van der Waals surface area contributed by atoms with E-state index in [-0.39, 0.29) is 6.42 Å². The van der Waals surface area contributed by atoms with Gasteiger partial charge in [-0.15, -0.1) is 0 Å². The number of aliphatic carboxylic acids is 1. The number of carboxylic acids is 1. The molecule has 1 aromatic carbocycles. The molecular formula is C14H17NO5. The molecule has 1 aromatic rings. The number of carbonyl (C=O) groups is 1. The fraction of sp³-hybridized carbons (Fsp3) is 0.500. The Labute approximate surface area is 116 Å². The maximum Gasteiger partial charge on any atom is 0.328 e. The number of benzene rings is 1. The van der Waals surface area contributed by atoms with E-state index in [1.807, 2.05) is 13.8 Å². The lowest BCUT2D eigenvalue weighted by atomic mass is 9.78. The third-order valence-corrected chi connectivity index (χ3v) is 3.60. The van der Waals surface area contributed by atoms with Gasteiger partial charge in [-0.3, -0.25) is 0 Å². The van der Waals surface area contributed by atoms with E-state index in [0.29, 0.717) is 36.0 Å². The Morgan fingerprint density at radius 2 is 1.80 bits per heavy atom. The van der Waals surface area contributed by atoms with Gasteiger partial charge in [0.15, 0.2) is 11.5 Å². The lowest BCUT2D eigenvalue weighted by Crippen LogP contribution is -2.54. The molecule has 0 bridgehead atoms. The molecule has 108 valence electrons. The number of nitrogens with two attached hydrogens (primary N) is 1. The molecule has 0 saturated heterocycles. The molecule has 2 aliphatic heterocycles. The maximum atomic E-state index is 11.6. The molecule has 2 heterocycles. The van der Waals surface area contributed by atoms with Crippen LogP contribution < -0.4 is 19.9 Å². The Hall–Kier alpha value is -1.95. The largest absolute Gasteiger partial charge is 0.487 e. The van der Waals surface area contributed by atoms with Crippen molar-refractivity contribution in [1.29, 1.82) is 0 Å². The average Bonchev–Trinajstić information content (AvgIpc) is 2.35. The summed E-state index contributed by atoms with van der Waals surface area (Å²) in [5, 5.41) is 9.53. The molecule has 3 N–H and O–H groups in total. The van der Waals surface area contributed by atoms with Crippen LogP contribution in [0.25, 0.3) is 0 Å². The Bertz CT molecular complexity index is 583. The number of rotatable bonds is 1. The Kier molecular flexibility index (Phi) is 2.62. The van der Waals surface area contributed by atoms with E-state index in [2.05, 4.69) is 0 Å². The van der Waals surface area contributed by atoms with Crippen molar-refractivity contribution in [1.82, 2.24) is 0 Å². The highest BCUT2D eigenvalue weighted by molar-refractivity contribution is 5.83. The van der Waals surface area contributed by atoms with Gasteiger partial charge < -0.3 is 25.1 Å². The van der Waals surface area contributed by atoms with E-state index in [9.17, 15) is 9.90 Å². The summed E-state index contributed by atoms with van der Waals surface area (Å²) in [4.78, 5) is 11.6. The van der Waals surface area contributed by atoms with Crippen molar-refractivity contribution in [2.75, 3.05) is 13.2 Å². The molecule has 3 rings (SSSR count). The molecular weight excluding hydrogens is 262 g/mol. The van der Waals surface area contributed by atoms with Gasteiger partial charge >= 0.3 is 5.97 Å². The first-order chi connectivity index (χ1) is 9.32. The summed E-state index contributed by atoms with van der Waals surface area (Å²) in [5.41, 5.74) is 4.42. The summed E-state index contributed by atoms with van der Waals surface area (Å²) in [6, 6.07) is 3.28. The number of hydrogen-bond donors (Lipinski definition) is 2. The molecule has 1 atom stereocenters. The van der Waals surface area contributed by atoms with Crippen LogP contribution in [0.1, 0.15) is 25.8 Å². The van der Waals surface area contributed by atoms with Crippen LogP contribution in [0.5, 0.6) is 17.2 Å². The first kappa shape index (κ1) is 13.1. The third kappa shape index (κ3) is 1.87. The van der Waals surface area contributed by atoms with Crippen molar-refractivity contribution in [2.45, 2.75) is 31.4 Å². The summed E-state index contributed by atoms with van der Waals surface area (Å²) >= 11 is 0. The standard InChI is InChI=1S/C14H17NO5/c1-13(2)7-14(15,12(16)17)8-5-10-11(6-9(8)20-13)19-4-3-18-10/h5-6H,3-4,7,15H2,1-2H3,(H,16,17). The fourth-order valence-electron chi connectivity index (χ4n) is 2.79. The second kappa shape index (κ2) is 4.02. The van der Waals surface area contributed by atoms with Crippen LogP contribution in [0, 0.1) is 0 Å². The van der Waals surface area contributed by atoms with Crippen LogP contribution in [0.2, 0.25) is 0 Å². The van der Waals surface area contributed by atoms with Crippen molar-refractivity contribution in [3.05, 3.63) is 17.7 Å². The lowest BCUT2D eigenvalue weighted by Gasteiger charge is -2.42. The number of fused-ring (bicyclic) bond motifs is 2. The van der Waals surface area contributed by atoms with E-state index in [1.165, 1.54) is 0 Å². The van der Waals surface area contributed by atoms with E-state index < -0.39 is 17.1 Å². The van der Waals surface area contributed by atoms with Crippen LogP contribution in [0.4, 0.5) is 0 Å². The van der Waals surface area contributed by atoms with Gasteiger partial charge in [0, 0.05) is 18.1 Å². The number of carboxylic acid groups (broad SMARTS) is 1. The van der Waals surface area contributed by atoms with E-state index >= 15 is 0 Å². The molecule has 1 unspecified atom stereocenters. The summed E-state index contributed by atoms with van der Waals surface area (Å²) in [6.45, 7) is 4.53. The molecule has 0 aliphatic carbocycles. The zero-order valence-electron chi connectivity index (χ0n) is 11.4. The van der Waals surface area contributed by atoms with E-state index in [1.54, 1.807) is 12.1 Å². The predicted molar refractivity (Wildman–Crippen MR) is 70.3 cm³/mol. The Morgan fingerprint density at radius 1 is 1.20 bits per heavy atom. The highest BCUT2D eigenvalue weighted by Crippen LogP contribution is 2.47. The zero-order valence-corrected chi connectivity index (χ0v) is 11.4. The minimum atomic E-state index is -1.49. The second-order valence-corrected chi connectivity index (χ2v) is 5.81. The molecule has 0 aromatic heterocycles. The minimum Gasteiger partial charge on any atom is -0.487 e. The first-order valence-corrected chi connectivity index (χ1v) is 6.47. The molecule has 0 amide bonds. The number of hydrogen-bond acceptors (Lipinski definition) is 5. The monoisotopic (exact) mass is 279 g/mol. The average molecular weight is 279 g/mol. The predicted octanol–water partition coefficient (Wildman–Crippen LogP) is 1.26. The topological polar surface area (TPSA) is 91.0 Å². The van der Waals surface area contributed by atoms with Gasteiger partial charge in [0.05, 0.1) is 0 Å². The highest BCUT2D eigenvalue weighted by Gasteiger charge is 2.48. The molecule has 0 spiro atoms. The van der Waals surface area contributed by atoms with Gasteiger partial charge in [-0.25, -0.2) is 4.79 Å². The van der Waals surface area contributed by atoms with Gasteiger partial charge in [0.1, 0.15) is 30.1 Å². The second-order valence-electron chi connectivity index (χ2n) is 5.81. The normalized spacial score (nSPS) is 26.4. The number of ether oxygens (including phenoxy) is 3. The van der Waals surface area contributed by atoms with Crippen molar-refractivity contribution in [3.8, 4) is 17.2 Å². The van der Waals surface area contributed by atoms with Crippen molar-refractivity contribution >= 4 is 5.97 Å². The third-order valence-electron chi connectivity index (χ3n) is 3.60. The fourth-order valence-corrected chi connectivity index (χ4v) is 2.79. The van der Waals surface area contributed by atoms with Gasteiger partial charge in [-0.05, 0) is 19.9 Å². The van der Waals surface area contributed by atoms with Crippen molar-refractivity contribution in [2.24, 2.45) is 5.73 Å². The molecule has 0 fully saturated rings. The van der Waals surface area contributed by atoms with Crippen LogP contribution in [-0.4, -0.2) is 29.9 Å². The van der Waals surface area contributed by atoms with Crippen LogP contribution in [-0.2, 0) is 10.3 Å². The van der Waals surface area contributed by atoms with Gasteiger partial charge in [-0.1, -0.05) is 0 Å². The van der Waals surface area contributed by atoms with Gasteiger partial charge in [0.2, 0.25) is 0 Å². The SMILES string of the molecule is CC1(C)CC(N)(C(=O)O)c2cc3c(cc2O1)OCCO3. The van der Waals surface area contributed by atoms with E-state index in [4.69, 9.17) is 19.9 Å². The summed E-state index contributed by atoms with van der Waals surface area (Å²) < 4.78 is 16.8. The first-order valence-electron chi connectivity index (χ1n) is 6.47. The highest BCUT2D eigenvalue weighted by atomic mass is 16.6. The Morgan fingerprint density at radius 3 is 2.40 bits per heavy atom. The van der Waals surface area contributed by atoms with Crippen LogP contribution >= 0.6 is 0 Å².